The molecule has 2 aromatic rings. The van der Waals surface area contributed by atoms with Crippen LogP contribution in [0.4, 0.5) is 0 Å². The van der Waals surface area contributed by atoms with E-state index in [0.29, 0.717) is 5.92 Å². The molecule has 1 aromatic carbocycles. The Hall–Kier alpha value is -1.62. The van der Waals surface area contributed by atoms with Gasteiger partial charge in [0, 0.05) is 23.6 Å². The van der Waals surface area contributed by atoms with E-state index in [1.165, 1.54) is 5.56 Å². The van der Waals surface area contributed by atoms with E-state index in [9.17, 15) is 4.79 Å². The molecular weight excluding hydrogens is 296 g/mol. The number of para-hydroxylation sites is 1. The van der Waals surface area contributed by atoms with Gasteiger partial charge >= 0.3 is 5.69 Å². The second-order valence-corrected chi connectivity index (χ2v) is 6.36. The van der Waals surface area contributed by atoms with Gasteiger partial charge in [0.25, 0.3) is 0 Å². The summed E-state index contributed by atoms with van der Waals surface area (Å²) in [5, 5.41) is 0. The Morgan fingerprint density at radius 2 is 2.09 bits per heavy atom. The van der Waals surface area contributed by atoms with Crippen LogP contribution in [0.15, 0.2) is 35.3 Å². The van der Waals surface area contributed by atoms with E-state index in [0.717, 1.165) is 42.4 Å². The number of aromatic amines is 2. The summed E-state index contributed by atoms with van der Waals surface area (Å²) < 4.78 is 6.01. The quantitative estimate of drug-likeness (QED) is 0.742. The summed E-state index contributed by atoms with van der Waals surface area (Å²) in [5.41, 5.74) is 2.07. The van der Waals surface area contributed by atoms with E-state index in [1.807, 2.05) is 23.9 Å². The van der Waals surface area contributed by atoms with Crippen LogP contribution in [0.1, 0.15) is 31.5 Å². The number of nitrogens with one attached hydrogen (secondary N) is 2. The molecule has 2 N–H and O–H groups in total. The maximum atomic E-state index is 11.0. The van der Waals surface area contributed by atoms with Gasteiger partial charge in [-0.25, -0.2) is 4.79 Å². The summed E-state index contributed by atoms with van der Waals surface area (Å²) in [7, 11) is 0. The smallest absolute Gasteiger partial charge is 0.323 e. The average Bonchev–Trinajstić information content (AvgIpc) is 2.96. The summed E-state index contributed by atoms with van der Waals surface area (Å²) in [4.78, 5) is 16.4. The fourth-order valence-corrected chi connectivity index (χ4v) is 3.37. The van der Waals surface area contributed by atoms with Gasteiger partial charge in [-0.05, 0) is 30.2 Å². The first-order chi connectivity index (χ1) is 10.7. The standard InChI is InChI=1S/C17H24N2O2S/c1-3-13(11-22-12-15-9-18-17(20)19-15)10-21-16-8-6-5-7-14(16)4-2/h5-9,13H,3-4,10-12H2,1-2H3,(H2,18,19,20). The molecule has 0 saturated heterocycles. The first kappa shape index (κ1) is 16.7. The number of ether oxygens (including phenoxy) is 1. The maximum Gasteiger partial charge on any atom is 0.323 e. The molecule has 0 saturated carbocycles. The molecule has 2 rings (SSSR count). The highest BCUT2D eigenvalue weighted by Gasteiger charge is 2.10. The van der Waals surface area contributed by atoms with Crippen molar-refractivity contribution in [2.45, 2.75) is 32.4 Å². The number of hydrogen-bond acceptors (Lipinski definition) is 3. The molecule has 22 heavy (non-hydrogen) atoms. The second-order valence-electron chi connectivity index (χ2n) is 5.33. The van der Waals surface area contributed by atoms with Crippen molar-refractivity contribution in [1.82, 2.24) is 9.97 Å². The first-order valence-electron chi connectivity index (χ1n) is 7.78. The molecule has 5 heteroatoms. The third-order valence-electron chi connectivity index (χ3n) is 3.67. The molecule has 4 nitrogen and oxygen atoms in total. The highest BCUT2D eigenvalue weighted by atomic mass is 32.2. The van der Waals surface area contributed by atoms with Gasteiger partial charge in [-0.2, -0.15) is 11.8 Å². The molecule has 1 atom stereocenters. The molecule has 0 spiro atoms. The van der Waals surface area contributed by atoms with Crippen molar-refractivity contribution < 1.29 is 4.74 Å². The minimum absolute atomic E-state index is 0.137. The van der Waals surface area contributed by atoms with Crippen molar-refractivity contribution in [2.75, 3.05) is 12.4 Å². The lowest BCUT2D eigenvalue weighted by molar-refractivity contribution is 0.257. The van der Waals surface area contributed by atoms with E-state index in [-0.39, 0.29) is 5.69 Å². The lowest BCUT2D eigenvalue weighted by Gasteiger charge is -2.17. The Bertz CT molecular complexity index is 621. The van der Waals surface area contributed by atoms with Crippen LogP contribution in [0.25, 0.3) is 0 Å². The van der Waals surface area contributed by atoms with E-state index in [4.69, 9.17) is 4.74 Å². The molecule has 0 aliphatic heterocycles. The highest BCUT2D eigenvalue weighted by Crippen LogP contribution is 2.21. The normalized spacial score (nSPS) is 12.3. The van der Waals surface area contributed by atoms with E-state index in [2.05, 4.69) is 35.9 Å². The van der Waals surface area contributed by atoms with Gasteiger partial charge in [0.2, 0.25) is 0 Å². The van der Waals surface area contributed by atoms with Crippen molar-refractivity contribution in [2.24, 2.45) is 5.92 Å². The number of rotatable bonds is 9. The van der Waals surface area contributed by atoms with Gasteiger partial charge in [-0.3, -0.25) is 0 Å². The molecule has 0 fully saturated rings. The van der Waals surface area contributed by atoms with E-state index in [1.54, 1.807) is 6.20 Å². The number of imidazole rings is 1. The predicted octanol–water partition coefficient (Wildman–Crippen LogP) is 3.60. The van der Waals surface area contributed by atoms with Gasteiger partial charge in [0.1, 0.15) is 5.75 Å². The van der Waals surface area contributed by atoms with Crippen LogP contribution in [-0.4, -0.2) is 22.3 Å². The molecule has 1 heterocycles. The van der Waals surface area contributed by atoms with Gasteiger partial charge < -0.3 is 14.7 Å². The lowest BCUT2D eigenvalue weighted by atomic mass is 10.1. The zero-order valence-corrected chi connectivity index (χ0v) is 14.0. The molecule has 1 aromatic heterocycles. The van der Waals surface area contributed by atoms with Gasteiger partial charge in [0.05, 0.1) is 6.61 Å². The van der Waals surface area contributed by atoms with Gasteiger partial charge in [-0.15, -0.1) is 0 Å². The molecule has 0 bridgehead atoms. The Labute approximate surface area is 135 Å². The Morgan fingerprint density at radius 3 is 2.77 bits per heavy atom. The molecule has 0 aliphatic rings. The third-order valence-corrected chi connectivity index (χ3v) is 4.89. The summed E-state index contributed by atoms with van der Waals surface area (Å²) >= 11 is 1.83. The van der Waals surface area contributed by atoms with Crippen LogP contribution in [0.3, 0.4) is 0 Å². The fraction of sp³-hybridized carbons (Fsp3) is 0.471. The maximum absolute atomic E-state index is 11.0. The van der Waals surface area contributed by atoms with Crippen molar-refractivity contribution in [3.63, 3.8) is 0 Å². The number of aryl methyl sites for hydroxylation is 1. The Balaban J connectivity index is 1.78. The van der Waals surface area contributed by atoms with Crippen LogP contribution >= 0.6 is 11.8 Å². The number of benzene rings is 1. The largest absolute Gasteiger partial charge is 0.493 e. The molecule has 120 valence electrons. The zero-order valence-electron chi connectivity index (χ0n) is 13.2. The topological polar surface area (TPSA) is 57.9 Å². The highest BCUT2D eigenvalue weighted by molar-refractivity contribution is 7.98. The number of hydrogen-bond donors (Lipinski definition) is 2. The van der Waals surface area contributed by atoms with Crippen molar-refractivity contribution in [3.05, 3.63) is 52.2 Å². The number of thioether (sulfide) groups is 1. The molecular formula is C17H24N2O2S. The van der Waals surface area contributed by atoms with E-state index >= 15 is 0 Å². The fourth-order valence-electron chi connectivity index (χ4n) is 2.21. The molecule has 0 radical (unpaired) electrons. The van der Waals surface area contributed by atoms with Gasteiger partial charge in [-0.1, -0.05) is 32.0 Å². The van der Waals surface area contributed by atoms with Crippen LogP contribution < -0.4 is 10.4 Å². The van der Waals surface area contributed by atoms with E-state index < -0.39 is 0 Å². The van der Waals surface area contributed by atoms with Gasteiger partial charge in [0.15, 0.2) is 0 Å². The average molecular weight is 320 g/mol. The SMILES string of the molecule is CCc1ccccc1OCC(CC)CSCc1c[nH]c(=O)[nH]1. The lowest BCUT2D eigenvalue weighted by Crippen LogP contribution is -2.14. The predicted molar refractivity (Wildman–Crippen MR) is 92.7 cm³/mol. The third kappa shape index (κ3) is 4.98. The van der Waals surface area contributed by atoms with Crippen molar-refractivity contribution in [1.29, 1.82) is 0 Å². The van der Waals surface area contributed by atoms with Crippen LogP contribution in [-0.2, 0) is 12.2 Å². The van der Waals surface area contributed by atoms with Crippen LogP contribution in [0, 0.1) is 5.92 Å². The summed E-state index contributed by atoms with van der Waals surface area (Å²) in [6, 6.07) is 8.24. The second kappa shape index (κ2) is 8.73. The van der Waals surface area contributed by atoms with Crippen molar-refractivity contribution >= 4 is 11.8 Å². The minimum Gasteiger partial charge on any atom is -0.493 e. The molecule has 0 aliphatic carbocycles. The summed E-state index contributed by atoms with van der Waals surface area (Å²) in [5.74, 6) is 3.36. The molecule has 1 unspecified atom stereocenters. The first-order valence-corrected chi connectivity index (χ1v) is 8.93. The van der Waals surface area contributed by atoms with Crippen LogP contribution in [0.2, 0.25) is 0 Å². The summed E-state index contributed by atoms with van der Waals surface area (Å²) in [6.45, 7) is 5.08. The minimum atomic E-state index is -0.137. The van der Waals surface area contributed by atoms with Crippen molar-refractivity contribution in [3.8, 4) is 5.75 Å². The Morgan fingerprint density at radius 1 is 1.27 bits per heavy atom. The number of aromatic nitrogens is 2. The number of H-pyrrole nitrogens is 2. The monoisotopic (exact) mass is 320 g/mol. The summed E-state index contributed by atoms with van der Waals surface area (Å²) in [6.07, 6.45) is 3.82. The molecule has 0 amide bonds. The zero-order chi connectivity index (χ0) is 15.8. The van der Waals surface area contributed by atoms with Crippen LogP contribution in [0.5, 0.6) is 5.75 Å². The Kier molecular flexibility index (Phi) is 6.65.